The average Bonchev–Trinajstić information content (AvgIpc) is 3.19. The summed E-state index contributed by atoms with van der Waals surface area (Å²) in [6.07, 6.45) is 54.7. The predicted molar refractivity (Wildman–Crippen MR) is 238 cm³/mol. The van der Waals surface area contributed by atoms with Crippen molar-refractivity contribution in [3.63, 3.8) is 0 Å². The third kappa shape index (κ3) is 42.0. The second kappa shape index (κ2) is 44.6. The lowest BCUT2D eigenvalue weighted by molar-refractivity contribution is -0.167. The van der Waals surface area contributed by atoms with Gasteiger partial charge in [-0.25, -0.2) is 0 Å². The molecule has 0 amide bonds. The van der Waals surface area contributed by atoms with Crippen molar-refractivity contribution in [2.45, 2.75) is 213 Å². The van der Waals surface area contributed by atoms with Crippen LogP contribution >= 0.6 is 0 Å². The first-order chi connectivity index (χ1) is 27.5. The van der Waals surface area contributed by atoms with Crippen LogP contribution in [0.2, 0.25) is 0 Å². The lowest BCUT2D eigenvalue weighted by Crippen LogP contribution is -2.30. The van der Waals surface area contributed by atoms with Crippen LogP contribution in [0, 0.1) is 0 Å². The van der Waals surface area contributed by atoms with Gasteiger partial charge in [0, 0.05) is 19.3 Å². The van der Waals surface area contributed by atoms with E-state index in [2.05, 4.69) is 93.7 Å². The van der Waals surface area contributed by atoms with Crippen molar-refractivity contribution < 1.29 is 28.6 Å². The van der Waals surface area contributed by atoms with Gasteiger partial charge in [-0.1, -0.05) is 164 Å². The first-order valence-electron chi connectivity index (χ1n) is 22.9. The van der Waals surface area contributed by atoms with E-state index >= 15 is 0 Å². The fraction of sp³-hybridized carbons (Fsp3) is 0.700. The number of hydrogen-bond acceptors (Lipinski definition) is 6. The maximum atomic E-state index is 12.7. The molecule has 1 unspecified atom stereocenters. The van der Waals surface area contributed by atoms with Crippen molar-refractivity contribution in [1.82, 2.24) is 0 Å². The molecule has 6 nitrogen and oxygen atoms in total. The van der Waals surface area contributed by atoms with Crippen LogP contribution in [0.4, 0.5) is 0 Å². The Kier molecular flexibility index (Phi) is 42.1. The number of allylic oxidation sites excluding steroid dienone is 12. The van der Waals surface area contributed by atoms with Gasteiger partial charge in [0.1, 0.15) is 13.2 Å². The van der Waals surface area contributed by atoms with Gasteiger partial charge in [-0.05, 0) is 96.3 Å². The van der Waals surface area contributed by atoms with E-state index < -0.39 is 6.10 Å². The largest absolute Gasteiger partial charge is 0.462 e. The van der Waals surface area contributed by atoms with E-state index in [1.807, 2.05) is 0 Å². The van der Waals surface area contributed by atoms with Crippen LogP contribution in [0.1, 0.15) is 207 Å². The molecule has 0 aromatic rings. The highest BCUT2D eigenvalue weighted by Crippen LogP contribution is 2.13. The lowest BCUT2D eigenvalue weighted by Gasteiger charge is -2.18. The minimum atomic E-state index is -0.793. The number of carbonyl (C=O) groups excluding carboxylic acids is 3. The molecular weight excluding hydrogens is 697 g/mol. The molecule has 0 rings (SSSR count). The number of hydrogen-bond donors (Lipinski definition) is 0. The molecule has 0 heterocycles. The average molecular weight is 781 g/mol. The molecule has 1 atom stereocenters. The molecule has 0 N–H and O–H groups in total. The smallest absolute Gasteiger partial charge is 0.306 e. The Balaban J connectivity index is 4.31. The Morgan fingerprint density at radius 1 is 0.375 bits per heavy atom. The van der Waals surface area contributed by atoms with E-state index in [1.165, 1.54) is 57.8 Å². The SMILES string of the molecule is CC/C=C\C/C=C\C/C=C\CCCCCCCCCCCC(=O)OCC(COC(=O)CCCC/C=C\C/C=C\CC)OC(=O)CCCCCC/C=C\CCCC. The Hall–Kier alpha value is -3.15. The molecule has 56 heavy (non-hydrogen) atoms. The minimum Gasteiger partial charge on any atom is -0.462 e. The van der Waals surface area contributed by atoms with Crippen LogP contribution in [0.5, 0.6) is 0 Å². The van der Waals surface area contributed by atoms with Crippen LogP contribution in [0.25, 0.3) is 0 Å². The van der Waals surface area contributed by atoms with Gasteiger partial charge in [0.25, 0.3) is 0 Å². The van der Waals surface area contributed by atoms with Crippen molar-refractivity contribution in [1.29, 1.82) is 0 Å². The van der Waals surface area contributed by atoms with Crippen molar-refractivity contribution in [2.75, 3.05) is 13.2 Å². The Morgan fingerprint density at radius 3 is 1.14 bits per heavy atom. The van der Waals surface area contributed by atoms with Crippen molar-refractivity contribution >= 4 is 17.9 Å². The first kappa shape index (κ1) is 52.9. The number of carbonyl (C=O) groups is 3. The summed E-state index contributed by atoms with van der Waals surface area (Å²) in [7, 11) is 0. The summed E-state index contributed by atoms with van der Waals surface area (Å²) in [5.74, 6) is -0.958. The van der Waals surface area contributed by atoms with Crippen molar-refractivity contribution in [3.05, 3.63) is 72.9 Å². The van der Waals surface area contributed by atoms with Gasteiger partial charge >= 0.3 is 17.9 Å². The zero-order valence-electron chi connectivity index (χ0n) is 36.4. The number of unbranched alkanes of at least 4 members (excludes halogenated alkanes) is 17. The maximum Gasteiger partial charge on any atom is 0.306 e. The van der Waals surface area contributed by atoms with Gasteiger partial charge in [0.05, 0.1) is 0 Å². The molecule has 0 radical (unpaired) electrons. The molecule has 0 aromatic heterocycles. The number of ether oxygens (including phenoxy) is 3. The summed E-state index contributed by atoms with van der Waals surface area (Å²) in [6, 6.07) is 0. The topological polar surface area (TPSA) is 78.9 Å². The summed E-state index contributed by atoms with van der Waals surface area (Å²) in [6.45, 7) is 6.29. The minimum absolute atomic E-state index is 0.0940. The molecular formula is C50H84O6. The zero-order valence-corrected chi connectivity index (χ0v) is 36.4. The highest BCUT2D eigenvalue weighted by Gasteiger charge is 2.19. The third-order valence-electron chi connectivity index (χ3n) is 9.43. The normalized spacial score (nSPS) is 12.7. The van der Waals surface area contributed by atoms with E-state index in [0.717, 1.165) is 109 Å². The molecule has 0 saturated heterocycles. The number of rotatable bonds is 40. The van der Waals surface area contributed by atoms with Gasteiger partial charge in [-0.15, -0.1) is 0 Å². The van der Waals surface area contributed by atoms with Crippen LogP contribution < -0.4 is 0 Å². The highest BCUT2D eigenvalue weighted by atomic mass is 16.6. The maximum absolute atomic E-state index is 12.7. The fourth-order valence-corrected chi connectivity index (χ4v) is 6.00. The summed E-state index contributed by atoms with van der Waals surface area (Å²) >= 11 is 0. The molecule has 0 aromatic carbocycles. The summed E-state index contributed by atoms with van der Waals surface area (Å²) in [4.78, 5) is 37.6. The molecule has 320 valence electrons. The molecule has 0 aliphatic heterocycles. The molecule has 0 saturated carbocycles. The highest BCUT2D eigenvalue weighted by molar-refractivity contribution is 5.71. The Morgan fingerprint density at radius 2 is 0.696 bits per heavy atom. The predicted octanol–water partition coefficient (Wildman–Crippen LogP) is 14.7. The van der Waals surface area contributed by atoms with E-state index in [0.29, 0.717) is 19.3 Å². The van der Waals surface area contributed by atoms with Crippen LogP contribution in [0.3, 0.4) is 0 Å². The van der Waals surface area contributed by atoms with Gasteiger partial charge in [-0.2, -0.15) is 0 Å². The molecule has 0 aliphatic carbocycles. The van der Waals surface area contributed by atoms with E-state index in [4.69, 9.17) is 14.2 Å². The monoisotopic (exact) mass is 781 g/mol. The molecule has 0 bridgehead atoms. The van der Waals surface area contributed by atoms with E-state index in [1.54, 1.807) is 0 Å². The summed E-state index contributed by atoms with van der Waals surface area (Å²) in [5.41, 5.74) is 0. The number of esters is 3. The second-order valence-electron chi connectivity index (χ2n) is 14.9. The third-order valence-corrected chi connectivity index (χ3v) is 9.43. The van der Waals surface area contributed by atoms with Gasteiger partial charge < -0.3 is 14.2 Å². The van der Waals surface area contributed by atoms with Gasteiger partial charge in [0.15, 0.2) is 6.10 Å². The van der Waals surface area contributed by atoms with Crippen molar-refractivity contribution in [3.8, 4) is 0 Å². The van der Waals surface area contributed by atoms with Crippen molar-refractivity contribution in [2.24, 2.45) is 0 Å². The van der Waals surface area contributed by atoms with Crippen LogP contribution in [0.15, 0.2) is 72.9 Å². The van der Waals surface area contributed by atoms with Gasteiger partial charge in [0.2, 0.25) is 0 Å². The Labute approximate surface area is 344 Å². The molecule has 6 heteroatoms. The van der Waals surface area contributed by atoms with Crippen LogP contribution in [-0.4, -0.2) is 37.2 Å². The molecule has 0 fully saturated rings. The Bertz CT molecular complexity index is 1080. The summed E-state index contributed by atoms with van der Waals surface area (Å²) in [5, 5.41) is 0. The summed E-state index contributed by atoms with van der Waals surface area (Å²) < 4.78 is 16.6. The lowest BCUT2D eigenvalue weighted by atomic mass is 10.1. The fourth-order valence-electron chi connectivity index (χ4n) is 6.00. The van der Waals surface area contributed by atoms with E-state index in [-0.39, 0.29) is 31.1 Å². The first-order valence-corrected chi connectivity index (χ1v) is 22.9. The van der Waals surface area contributed by atoms with Crippen LogP contribution in [-0.2, 0) is 28.6 Å². The molecule has 0 aliphatic rings. The molecule has 0 spiro atoms. The second-order valence-corrected chi connectivity index (χ2v) is 14.9. The van der Waals surface area contributed by atoms with E-state index in [9.17, 15) is 14.4 Å². The standard InChI is InChI=1S/C50H84O6/c1-4-7-10-13-16-19-21-22-23-24-25-26-27-28-29-32-34-37-40-43-49(52)55-46-47(45-54-48(51)42-39-36-33-30-18-15-12-9-6-3)56-50(53)44-41-38-35-31-20-17-14-11-8-5-2/h7,9-10,12,14,16-19,22-23,30,47H,4-6,8,11,13,15,20-21,24-29,31-46H2,1-3H3/b10-7-,12-9-,17-14-,19-16-,23-22-,30-18-. The van der Waals surface area contributed by atoms with Gasteiger partial charge in [-0.3, -0.25) is 14.4 Å². The quantitative estimate of drug-likeness (QED) is 0.0267. The zero-order chi connectivity index (χ0) is 40.8.